The number of nitrogens with two attached hydrogens (primary N) is 1. The second-order valence-electron chi connectivity index (χ2n) is 5.21. The van der Waals surface area contributed by atoms with Crippen molar-refractivity contribution < 1.29 is 14.6 Å². The van der Waals surface area contributed by atoms with E-state index in [-0.39, 0.29) is 5.56 Å². The monoisotopic (exact) mass is 279 g/mol. The molecule has 1 fully saturated rings. The first-order valence-corrected chi connectivity index (χ1v) is 6.79. The van der Waals surface area contributed by atoms with E-state index in [4.69, 9.17) is 15.6 Å². The van der Waals surface area contributed by atoms with Crippen LogP contribution < -0.4 is 10.6 Å². The van der Waals surface area contributed by atoms with Crippen LogP contribution in [0.5, 0.6) is 0 Å². The van der Waals surface area contributed by atoms with E-state index in [1.807, 2.05) is 0 Å². The van der Waals surface area contributed by atoms with E-state index in [0.29, 0.717) is 36.6 Å². The van der Waals surface area contributed by atoms with Crippen molar-refractivity contribution in [2.45, 2.75) is 25.8 Å². The molecule has 20 heavy (non-hydrogen) atoms. The molecular weight excluding hydrogens is 258 g/mol. The van der Waals surface area contributed by atoms with Crippen molar-refractivity contribution in [3.8, 4) is 0 Å². The Bertz CT molecular complexity index is 489. The molecule has 6 heteroatoms. The zero-order valence-electron chi connectivity index (χ0n) is 11.9. The molecule has 1 saturated carbocycles. The number of carbonyl (C=O) groups is 1. The van der Waals surface area contributed by atoms with Crippen LogP contribution in [0, 0.1) is 5.92 Å². The maximum atomic E-state index is 10.9. The zero-order chi connectivity index (χ0) is 14.7. The molecule has 1 aromatic rings. The average molecular weight is 279 g/mol. The van der Waals surface area contributed by atoms with Gasteiger partial charge in [-0.25, -0.2) is 9.78 Å². The van der Waals surface area contributed by atoms with Crippen molar-refractivity contribution >= 4 is 17.5 Å². The highest BCUT2D eigenvalue weighted by atomic mass is 16.5. The van der Waals surface area contributed by atoms with E-state index in [0.717, 1.165) is 0 Å². The maximum absolute atomic E-state index is 10.9. The van der Waals surface area contributed by atoms with Gasteiger partial charge in [0.25, 0.3) is 0 Å². The number of aromatic carboxylic acids is 1. The number of carboxylic acids is 1. The second kappa shape index (κ2) is 6.09. The maximum Gasteiger partial charge on any atom is 0.337 e. The molecule has 2 rings (SSSR count). The first-order valence-electron chi connectivity index (χ1n) is 6.79. The number of hydrogen-bond acceptors (Lipinski definition) is 5. The lowest BCUT2D eigenvalue weighted by Gasteiger charge is -2.31. The van der Waals surface area contributed by atoms with Gasteiger partial charge < -0.3 is 20.5 Å². The standard InChI is InChI=1S/C14H21N3O3/c1-9(10-3-4-10)17(5-6-20-2)13-12(15)7-11(8-16-13)14(18)19/h7-10H,3-6,15H2,1-2H3,(H,18,19). The molecule has 1 atom stereocenters. The van der Waals surface area contributed by atoms with Crippen molar-refractivity contribution in [1.82, 2.24) is 4.98 Å². The highest BCUT2D eigenvalue weighted by Crippen LogP contribution is 2.37. The lowest BCUT2D eigenvalue weighted by molar-refractivity contribution is 0.0696. The van der Waals surface area contributed by atoms with Gasteiger partial charge in [0.2, 0.25) is 0 Å². The summed E-state index contributed by atoms with van der Waals surface area (Å²) in [4.78, 5) is 17.3. The number of hydrogen-bond donors (Lipinski definition) is 2. The molecule has 6 nitrogen and oxygen atoms in total. The van der Waals surface area contributed by atoms with Crippen molar-refractivity contribution in [3.63, 3.8) is 0 Å². The van der Waals surface area contributed by atoms with Crippen LogP contribution in [0.2, 0.25) is 0 Å². The summed E-state index contributed by atoms with van der Waals surface area (Å²) in [6.07, 6.45) is 3.79. The van der Waals surface area contributed by atoms with Crippen LogP contribution in [0.4, 0.5) is 11.5 Å². The summed E-state index contributed by atoms with van der Waals surface area (Å²) in [5.41, 5.74) is 6.49. The number of nitrogen functional groups attached to an aromatic ring is 1. The van der Waals surface area contributed by atoms with Crippen molar-refractivity contribution in [2.24, 2.45) is 5.92 Å². The second-order valence-corrected chi connectivity index (χ2v) is 5.21. The summed E-state index contributed by atoms with van der Waals surface area (Å²) in [6.45, 7) is 3.43. The first-order chi connectivity index (χ1) is 9.54. The smallest absolute Gasteiger partial charge is 0.337 e. The minimum absolute atomic E-state index is 0.108. The number of methoxy groups -OCH3 is 1. The number of nitrogens with zero attached hydrogens (tertiary/aromatic N) is 2. The third kappa shape index (κ3) is 3.19. The third-order valence-electron chi connectivity index (χ3n) is 3.75. The van der Waals surface area contributed by atoms with Crippen LogP contribution in [0.1, 0.15) is 30.1 Å². The molecule has 1 aliphatic rings. The van der Waals surface area contributed by atoms with E-state index in [1.54, 1.807) is 7.11 Å². The Kier molecular flexibility index (Phi) is 4.44. The summed E-state index contributed by atoms with van der Waals surface area (Å²) in [7, 11) is 1.66. The number of aromatic nitrogens is 1. The van der Waals surface area contributed by atoms with Gasteiger partial charge in [0.15, 0.2) is 5.82 Å². The van der Waals surface area contributed by atoms with E-state index in [1.165, 1.54) is 25.1 Å². The number of rotatable bonds is 7. The van der Waals surface area contributed by atoms with Crippen LogP contribution in [0.25, 0.3) is 0 Å². The van der Waals surface area contributed by atoms with Gasteiger partial charge in [-0.1, -0.05) is 0 Å². The van der Waals surface area contributed by atoms with Gasteiger partial charge in [0.1, 0.15) is 0 Å². The van der Waals surface area contributed by atoms with Crippen LogP contribution in [0.15, 0.2) is 12.3 Å². The van der Waals surface area contributed by atoms with Crippen molar-refractivity contribution in [1.29, 1.82) is 0 Å². The van der Waals surface area contributed by atoms with Gasteiger partial charge in [-0.3, -0.25) is 0 Å². The lowest BCUT2D eigenvalue weighted by atomic mass is 10.1. The first kappa shape index (κ1) is 14.6. The molecule has 0 aromatic carbocycles. The summed E-state index contributed by atoms with van der Waals surface area (Å²) < 4.78 is 5.14. The third-order valence-corrected chi connectivity index (χ3v) is 3.75. The topological polar surface area (TPSA) is 88.7 Å². The molecule has 0 spiro atoms. The van der Waals surface area contributed by atoms with Crippen molar-refractivity contribution in [3.05, 3.63) is 17.8 Å². The Morgan fingerprint density at radius 1 is 1.65 bits per heavy atom. The Morgan fingerprint density at radius 2 is 2.35 bits per heavy atom. The molecule has 3 N–H and O–H groups in total. The fourth-order valence-corrected chi connectivity index (χ4v) is 2.36. The highest BCUT2D eigenvalue weighted by Gasteiger charge is 2.33. The van der Waals surface area contributed by atoms with Gasteiger partial charge in [-0.05, 0) is 31.7 Å². The quantitative estimate of drug-likeness (QED) is 0.788. The SMILES string of the molecule is COCCN(c1ncc(C(=O)O)cc1N)C(C)C1CC1. The lowest BCUT2D eigenvalue weighted by Crippen LogP contribution is -2.38. The summed E-state index contributed by atoms with van der Waals surface area (Å²) >= 11 is 0. The Balaban J connectivity index is 2.25. The van der Waals surface area contributed by atoms with Crippen LogP contribution in [-0.2, 0) is 4.74 Å². The molecule has 1 aromatic heterocycles. The van der Waals surface area contributed by atoms with E-state index < -0.39 is 5.97 Å². The minimum atomic E-state index is -1.02. The van der Waals surface area contributed by atoms with Gasteiger partial charge in [-0.15, -0.1) is 0 Å². The summed E-state index contributed by atoms with van der Waals surface area (Å²) in [5.74, 6) is 0.285. The Labute approximate surface area is 118 Å². The number of pyridine rings is 1. The molecule has 110 valence electrons. The Morgan fingerprint density at radius 3 is 2.85 bits per heavy atom. The number of carboxylic acid groups (broad SMARTS) is 1. The fourth-order valence-electron chi connectivity index (χ4n) is 2.36. The predicted molar refractivity (Wildman–Crippen MR) is 77.0 cm³/mol. The molecule has 0 bridgehead atoms. The molecule has 1 unspecified atom stereocenters. The average Bonchev–Trinajstić information content (AvgIpc) is 3.24. The fraction of sp³-hybridized carbons (Fsp3) is 0.571. The van der Waals surface area contributed by atoms with Gasteiger partial charge in [0.05, 0.1) is 17.9 Å². The molecule has 0 radical (unpaired) electrons. The predicted octanol–water partition coefficient (Wildman–Crippen LogP) is 1.61. The number of ether oxygens (including phenoxy) is 1. The van der Waals surface area contributed by atoms with E-state index >= 15 is 0 Å². The van der Waals surface area contributed by atoms with E-state index in [2.05, 4.69) is 16.8 Å². The Hall–Kier alpha value is -1.82. The molecule has 0 aliphatic heterocycles. The number of anilines is 2. The van der Waals surface area contributed by atoms with Crippen LogP contribution >= 0.6 is 0 Å². The van der Waals surface area contributed by atoms with Gasteiger partial charge in [0, 0.05) is 25.9 Å². The zero-order valence-corrected chi connectivity index (χ0v) is 11.9. The van der Waals surface area contributed by atoms with E-state index in [9.17, 15) is 4.79 Å². The summed E-state index contributed by atoms with van der Waals surface area (Å²) in [5, 5.41) is 8.96. The molecule has 1 aliphatic carbocycles. The van der Waals surface area contributed by atoms with Gasteiger partial charge >= 0.3 is 5.97 Å². The molecule has 0 saturated heterocycles. The molecule has 1 heterocycles. The molecular formula is C14H21N3O3. The normalized spacial score (nSPS) is 15.9. The van der Waals surface area contributed by atoms with Crippen LogP contribution in [-0.4, -0.2) is 42.4 Å². The van der Waals surface area contributed by atoms with Crippen molar-refractivity contribution in [2.75, 3.05) is 30.9 Å². The largest absolute Gasteiger partial charge is 0.478 e. The van der Waals surface area contributed by atoms with Gasteiger partial charge in [-0.2, -0.15) is 0 Å². The highest BCUT2D eigenvalue weighted by molar-refractivity contribution is 5.89. The van der Waals surface area contributed by atoms with Crippen LogP contribution in [0.3, 0.4) is 0 Å². The summed E-state index contributed by atoms with van der Waals surface area (Å²) in [6, 6.07) is 1.79. The molecule has 0 amide bonds. The minimum Gasteiger partial charge on any atom is -0.478 e.